The largest absolute Gasteiger partial charge is 0.253 e. The molecule has 1 aromatic heterocycles. The first-order chi connectivity index (χ1) is 6.85. The van der Waals surface area contributed by atoms with Gasteiger partial charge in [-0.05, 0) is 24.7 Å². The van der Waals surface area contributed by atoms with Crippen molar-refractivity contribution in [3.63, 3.8) is 0 Å². The van der Waals surface area contributed by atoms with Crippen LogP contribution in [0.15, 0.2) is 11.7 Å². The fraction of sp³-hybridized carbons (Fsp3) is 0.727. The van der Waals surface area contributed by atoms with Crippen molar-refractivity contribution < 1.29 is 0 Å². The Morgan fingerprint density at radius 1 is 1.36 bits per heavy atom. The Hall–Kier alpha value is 0.110. The third-order valence-electron chi connectivity index (χ3n) is 3.23. The summed E-state index contributed by atoms with van der Waals surface area (Å²) in [6.45, 7) is 0. The predicted molar refractivity (Wildman–Crippen MR) is 65.1 cm³/mol. The highest BCUT2D eigenvalue weighted by Gasteiger charge is 2.31. The maximum Gasteiger partial charge on any atom is 0.0794 e. The first kappa shape index (κ1) is 10.6. The van der Waals surface area contributed by atoms with E-state index in [4.69, 9.17) is 0 Å². The molecular weight excluding hydrogens is 258 g/mol. The summed E-state index contributed by atoms with van der Waals surface area (Å²) in [6.07, 6.45) is 10.3. The van der Waals surface area contributed by atoms with Gasteiger partial charge >= 0.3 is 0 Å². The maximum atomic E-state index is 4.16. The second-order valence-corrected chi connectivity index (χ2v) is 5.87. The van der Waals surface area contributed by atoms with Gasteiger partial charge in [-0.1, -0.05) is 35.2 Å². The van der Waals surface area contributed by atoms with E-state index in [9.17, 15) is 0 Å². The highest BCUT2D eigenvalue weighted by molar-refractivity contribution is 9.09. The average Bonchev–Trinajstić information content (AvgIpc) is 2.72. The fourth-order valence-electron chi connectivity index (χ4n) is 2.36. The summed E-state index contributed by atoms with van der Waals surface area (Å²) in [5.41, 5.74) is 2.48. The first-order valence-electron chi connectivity index (χ1n) is 5.28. The molecule has 0 aliphatic heterocycles. The van der Waals surface area contributed by atoms with Crippen molar-refractivity contribution in [1.82, 2.24) is 4.98 Å². The van der Waals surface area contributed by atoms with Crippen LogP contribution >= 0.6 is 27.3 Å². The van der Waals surface area contributed by atoms with Gasteiger partial charge < -0.3 is 0 Å². The van der Waals surface area contributed by atoms with Gasteiger partial charge in [-0.2, -0.15) is 0 Å². The lowest BCUT2D eigenvalue weighted by Gasteiger charge is -2.35. The minimum absolute atomic E-state index is 0.533. The molecule has 0 spiro atoms. The quantitative estimate of drug-likeness (QED) is 0.758. The van der Waals surface area contributed by atoms with Gasteiger partial charge in [-0.25, -0.2) is 0 Å². The molecule has 0 N–H and O–H groups in total. The van der Waals surface area contributed by atoms with Gasteiger partial charge in [0.2, 0.25) is 0 Å². The Balaban J connectivity index is 2.04. The van der Waals surface area contributed by atoms with Gasteiger partial charge in [-0.3, -0.25) is 4.98 Å². The molecule has 3 heteroatoms. The lowest BCUT2D eigenvalue weighted by molar-refractivity contribution is 0.225. The number of hydrogen-bond acceptors (Lipinski definition) is 2. The summed E-state index contributed by atoms with van der Waals surface area (Å²) in [6, 6.07) is 0. The zero-order chi connectivity index (χ0) is 9.86. The van der Waals surface area contributed by atoms with E-state index < -0.39 is 0 Å². The van der Waals surface area contributed by atoms with Crippen molar-refractivity contribution in [3.8, 4) is 0 Å². The lowest BCUT2D eigenvalue weighted by atomic mass is 9.73. The van der Waals surface area contributed by atoms with Gasteiger partial charge in [0.15, 0.2) is 0 Å². The van der Waals surface area contributed by atoms with Crippen LogP contribution in [0, 0.1) is 5.41 Å². The Morgan fingerprint density at radius 3 is 2.71 bits per heavy atom. The van der Waals surface area contributed by atoms with E-state index in [-0.39, 0.29) is 0 Å². The third-order valence-corrected chi connectivity index (χ3v) is 5.20. The van der Waals surface area contributed by atoms with E-state index in [0.717, 1.165) is 5.33 Å². The molecule has 1 nitrogen and oxygen atoms in total. The van der Waals surface area contributed by atoms with Gasteiger partial charge in [-0.15, -0.1) is 11.3 Å². The van der Waals surface area contributed by atoms with Gasteiger partial charge in [0.25, 0.3) is 0 Å². The number of aromatic nitrogens is 1. The zero-order valence-corrected chi connectivity index (χ0v) is 10.7. The van der Waals surface area contributed by atoms with Crippen molar-refractivity contribution >= 4 is 27.3 Å². The average molecular weight is 274 g/mol. The van der Waals surface area contributed by atoms with E-state index in [0.29, 0.717) is 5.41 Å². The summed E-state index contributed by atoms with van der Waals surface area (Å²) in [5.74, 6) is 0. The molecule has 0 radical (unpaired) electrons. The minimum Gasteiger partial charge on any atom is -0.253 e. The van der Waals surface area contributed by atoms with Crippen LogP contribution in [0.2, 0.25) is 0 Å². The molecule has 0 bridgehead atoms. The first-order valence-corrected chi connectivity index (χ1v) is 7.28. The maximum absolute atomic E-state index is 4.16. The van der Waals surface area contributed by atoms with Crippen molar-refractivity contribution in [3.05, 3.63) is 16.6 Å². The second-order valence-electron chi connectivity index (χ2n) is 4.34. The van der Waals surface area contributed by atoms with E-state index in [2.05, 4.69) is 20.9 Å². The molecule has 0 amide bonds. The molecule has 1 aliphatic rings. The van der Waals surface area contributed by atoms with Crippen LogP contribution in [0.3, 0.4) is 0 Å². The Labute approximate surface area is 98.1 Å². The van der Waals surface area contributed by atoms with Crippen LogP contribution in [-0.2, 0) is 6.42 Å². The highest BCUT2D eigenvalue weighted by atomic mass is 79.9. The monoisotopic (exact) mass is 273 g/mol. The molecule has 0 aromatic carbocycles. The van der Waals surface area contributed by atoms with Crippen LogP contribution in [-0.4, -0.2) is 10.3 Å². The molecule has 1 aliphatic carbocycles. The Morgan fingerprint density at radius 2 is 2.14 bits per heavy atom. The van der Waals surface area contributed by atoms with Gasteiger partial charge in [0.1, 0.15) is 0 Å². The van der Waals surface area contributed by atoms with Crippen LogP contribution in [0.5, 0.6) is 0 Å². The molecule has 78 valence electrons. The van der Waals surface area contributed by atoms with Crippen LogP contribution in [0.25, 0.3) is 0 Å². The fourth-order valence-corrected chi connectivity index (χ4v) is 3.89. The van der Waals surface area contributed by atoms with Gasteiger partial charge in [0, 0.05) is 16.4 Å². The summed E-state index contributed by atoms with van der Waals surface area (Å²) < 4.78 is 0. The van der Waals surface area contributed by atoms with Crippen LogP contribution < -0.4 is 0 Å². The normalized spacial score (nSPS) is 20.9. The number of hydrogen-bond donors (Lipinski definition) is 0. The molecule has 0 saturated heterocycles. The number of rotatable bonds is 3. The van der Waals surface area contributed by atoms with Crippen molar-refractivity contribution in [1.29, 1.82) is 0 Å². The SMILES string of the molecule is BrCC1(Cc2cncs2)CCCCC1. The molecule has 1 heterocycles. The van der Waals surface area contributed by atoms with Crippen molar-refractivity contribution in [2.24, 2.45) is 5.41 Å². The summed E-state index contributed by atoms with van der Waals surface area (Å²) in [5, 5.41) is 1.15. The van der Waals surface area contributed by atoms with Crippen LogP contribution in [0.4, 0.5) is 0 Å². The van der Waals surface area contributed by atoms with E-state index >= 15 is 0 Å². The Bertz CT molecular complexity index is 265. The van der Waals surface area contributed by atoms with Crippen LogP contribution in [0.1, 0.15) is 37.0 Å². The topological polar surface area (TPSA) is 12.9 Å². The summed E-state index contributed by atoms with van der Waals surface area (Å²) >= 11 is 5.50. The predicted octanol–water partition coefficient (Wildman–Crippen LogP) is 4.03. The molecule has 1 aromatic rings. The summed E-state index contributed by atoms with van der Waals surface area (Å²) in [4.78, 5) is 5.61. The number of nitrogens with zero attached hydrogens (tertiary/aromatic N) is 1. The third kappa shape index (κ3) is 2.37. The van der Waals surface area contributed by atoms with Crippen molar-refractivity contribution in [2.75, 3.05) is 5.33 Å². The van der Waals surface area contributed by atoms with E-state index in [1.165, 1.54) is 43.4 Å². The molecule has 0 unspecified atom stereocenters. The molecular formula is C11H16BrNS. The Kier molecular flexibility index (Phi) is 3.61. The molecule has 1 saturated carbocycles. The van der Waals surface area contributed by atoms with E-state index in [1.54, 1.807) is 11.3 Å². The summed E-state index contributed by atoms with van der Waals surface area (Å²) in [7, 11) is 0. The molecule has 0 atom stereocenters. The number of alkyl halides is 1. The van der Waals surface area contributed by atoms with Gasteiger partial charge in [0.05, 0.1) is 5.51 Å². The smallest absolute Gasteiger partial charge is 0.0794 e. The number of thiazole rings is 1. The minimum atomic E-state index is 0.533. The molecule has 2 rings (SSSR count). The lowest BCUT2D eigenvalue weighted by Crippen LogP contribution is -2.28. The number of halogens is 1. The van der Waals surface area contributed by atoms with Crippen molar-refractivity contribution in [2.45, 2.75) is 38.5 Å². The molecule has 1 fully saturated rings. The second kappa shape index (κ2) is 4.75. The zero-order valence-electron chi connectivity index (χ0n) is 8.34. The van der Waals surface area contributed by atoms with E-state index in [1.807, 2.05) is 11.7 Å². The standard InChI is InChI=1S/C11H16BrNS/c12-8-11(4-2-1-3-5-11)6-10-7-13-9-14-10/h7,9H,1-6,8H2. The highest BCUT2D eigenvalue weighted by Crippen LogP contribution is 2.41. The molecule has 14 heavy (non-hydrogen) atoms.